The van der Waals surface area contributed by atoms with Crippen molar-refractivity contribution in [3.05, 3.63) is 90.4 Å². The largest absolute Gasteiger partial charge is 0.348 e. The van der Waals surface area contributed by atoms with Crippen LogP contribution in [-0.4, -0.2) is 19.9 Å². The van der Waals surface area contributed by atoms with E-state index in [1.807, 2.05) is 42.6 Å². The van der Waals surface area contributed by atoms with Crippen molar-refractivity contribution in [1.82, 2.24) is 19.9 Å². The van der Waals surface area contributed by atoms with Crippen molar-refractivity contribution in [3.63, 3.8) is 0 Å². The fourth-order valence-corrected chi connectivity index (χ4v) is 2.79. The summed E-state index contributed by atoms with van der Waals surface area (Å²) in [6, 6.07) is 16.7. The molecular formula is C21H17FN4. The lowest BCUT2D eigenvalue weighted by Crippen LogP contribution is -1.96. The van der Waals surface area contributed by atoms with Gasteiger partial charge in [0.2, 0.25) is 0 Å². The van der Waals surface area contributed by atoms with E-state index in [1.54, 1.807) is 24.5 Å². The number of aromatic nitrogens is 4. The molecule has 1 N–H and O–H groups in total. The summed E-state index contributed by atoms with van der Waals surface area (Å²) in [5.41, 5.74) is 3.30. The molecule has 4 aromatic rings. The Morgan fingerprint density at radius 2 is 1.54 bits per heavy atom. The number of hydrogen-bond donors (Lipinski definition) is 1. The Balaban J connectivity index is 1.47. The highest BCUT2D eigenvalue weighted by molar-refractivity contribution is 5.60. The van der Waals surface area contributed by atoms with Crippen molar-refractivity contribution in [2.24, 2.45) is 0 Å². The first-order valence-corrected chi connectivity index (χ1v) is 8.45. The van der Waals surface area contributed by atoms with Crippen LogP contribution in [0, 0.1) is 5.82 Å². The minimum absolute atomic E-state index is 0.177. The molecule has 2 heterocycles. The summed E-state index contributed by atoms with van der Waals surface area (Å²) < 4.78 is 13.7. The van der Waals surface area contributed by atoms with Crippen LogP contribution in [0.3, 0.4) is 0 Å². The van der Waals surface area contributed by atoms with Crippen LogP contribution in [0.25, 0.3) is 22.6 Å². The molecule has 2 aromatic carbocycles. The van der Waals surface area contributed by atoms with Crippen LogP contribution in [0.2, 0.25) is 0 Å². The lowest BCUT2D eigenvalue weighted by atomic mass is 10.1. The second-order valence-corrected chi connectivity index (χ2v) is 5.99. The zero-order chi connectivity index (χ0) is 17.8. The highest BCUT2D eigenvalue weighted by Gasteiger charge is 2.08. The van der Waals surface area contributed by atoms with Crippen LogP contribution in [0.15, 0.2) is 73.2 Å². The van der Waals surface area contributed by atoms with Gasteiger partial charge < -0.3 is 4.98 Å². The summed E-state index contributed by atoms with van der Waals surface area (Å²) in [4.78, 5) is 16.6. The fourth-order valence-electron chi connectivity index (χ4n) is 2.79. The van der Waals surface area contributed by atoms with Gasteiger partial charge in [0.1, 0.15) is 11.6 Å². The first-order valence-electron chi connectivity index (χ1n) is 8.45. The molecule has 0 atom stereocenters. The topological polar surface area (TPSA) is 54.5 Å². The third kappa shape index (κ3) is 3.52. The van der Waals surface area contributed by atoms with Crippen LogP contribution in [0.1, 0.15) is 11.4 Å². The Labute approximate surface area is 150 Å². The normalized spacial score (nSPS) is 10.8. The average Bonchev–Trinajstić information content (AvgIpc) is 3.17. The van der Waals surface area contributed by atoms with Crippen molar-refractivity contribution >= 4 is 0 Å². The summed E-state index contributed by atoms with van der Waals surface area (Å²) in [6.07, 6.45) is 6.61. The van der Waals surface area contributed by atoms with Crippen molar-refractivity contribution in [2.45, 2.75) is 12.8 Å². The number of aryl methyl sites for hydroxylation is 2. The van der Waals surface area contributed by atoms with Gasteiger partial charge >= 0.3 is 0 Å². The third-order valence-electron chi connectivity index (χ3n) is 4.20. The molecule has 0 aliphatic rings. The molecule has 4 rings (SSSR count). The van der Waals surface area contributed by atoms with Crippen LogP contribution in [-0.2, 0) is 12.8 Å². The Morgan fingerprint density at radius 1 is 0.808 bits per heavy atom. The number of hydrogen-bond acceptors (Lipinski definition) is 3. The molecule has 0 fully saturated rings. The quantitative estimate of drug-likeness (QED) is 0.582. The molecule has 0 aliphatic carbocycles. The number of benzene rings is 2. The van der Waals surface area contributed by atoms with E-state index in [-0.39, 0.29) is 5.82 Å². The van der Waals surface area contributed by atoms with Gasteiger partial charge in [0.15, 0.2) is 5.82 Å². The summed E-state index contributed by atoms with van der Waals surface area (Å²) in [7, 11) is 0. The van der Waals surface area contributed by atoms with Gasteiger partial charge in [-0.15, -0.1) is 0 Å². The summed E-state index contributed by atoms with van der Waals surface area (Å²) in [5.74, 6) is 1.32. The zero-order valence-corrected chi connectivity index (χ0v) is 14.1. The highest BCUT2D eigenvalue weighted by Crippen LogP contribution is 2.19. The van der Waals surface area contributed by atoms with E-state index < -0.39 is 0 Å². The second kappa shape index (κ2) is 7.27. The number of aromatic amines is 1. The van der Waals surface area contributed by atoms with E-state index >= 15 is 0 Å². The van der Waals surface area contributed by atoms with E-state index in [2.05, 4.69) is 19.9 Å². The van der Waals surface area contributed by atoms with Crippen LogP contribution >= 0.6 is 0 Å². The molecular weight excluding hydrogens is 327 g/mol. The Kier molecular flexibility index (Phi) is 4.51. The molecule has 0 bridgehead atoms. The lowest BCUT2D eigenvalue weighted by molar-refractivity contribution is 0.607. The molecule has 2 aromatic heterocycles. The van der Waals surface area contributed by atoms with Crippen molar-refractivity contribution < 1.29 is 4.39 Å². The van der Waals surface area contributed by atoms with Gasteiger partial charge in [-0.2, -0.15) is 0 Å². The predicted octanol–water partition coefficient (Wildman–Crippen LogP) is 4.46. The minimum Gasteiger partial charge on any atom is -0.348 e. The molecule has 0 aliphatic heterocycles. The van der Waals surface area contributed by atoms with E-state index in [9.17, 15) is 4.39 Å². The molecule has 128 valence electrons. The molecule has 26 heavy (non-hydrogen) atoms. The summed E-state index contributed by atoms with van der Waals surface area (Å²) >= 11 is 0. The lowest BCUT2D eigenvalue weighted by Gasteiger charge is -2.01. The summed E-state index contributed by atoms with van der Waals surface area (Å²) in [5, 5.41) is 0. The van der Waals surface area contributed by atoms with Crippen molar-refractivity contribution in [1.29, 1.82) is 0 Å². The SMILES string of the molecule is Fc1ccccc1CCc1nc(-c2cnc(-c3ccccc3)nc2)c[nH]1. The zero-order valence-electron chi connectivity index (χ0n) is 14.1. The van der Waals surface area contributed by atoms with Crippen LogP contribution in [0.5, 0.6) is 0 Å². The smallest absolute Gasteiger partial charge is 0.159 e. The number of nitrogens with zero attached hydrogens (tertiary/aromatic N) is 3. The van der Waals surface area contributed by atoms with Crippen LogP contribution in [0.4, 0.5) is 4.39 Å². The maximum atomic E-state index is 13.7. The number of rotatable bonds is 5. The number of nitrogens with one attached hydrogen (secondary N) is 1. The van der Waals surface area contributed by atoms with E-state index in [1.165, 1.54) is 6.07 Å². The molecule has 0 saturated carbocycles. The third-order valence-corrected chi connectivity index (χ3v) is 4.20. The Bertz CT molecular complexity index is 994. The first-order chi connectivity index (χ1) is 12.8. The molecule has 0 unspecified atom stereocenters. The standard InChI is InChI=1S/C21H17FN4/c22-18-9-5-4-6-15(18)10-11-20-23-14-19(26-20)17-12-24-21(25-13-17)16-7-2-1-3-8-16/h1-9,12-14H,10-11H2,(H,23,26). The predicted molar refractivity (Wildman–Crippen MR) is 98.9 cm³/mol. The molecule has 5 heteroatoms. The monoisotopic (exact) mass is 344 g/mol. The number of halogens is 1. The van der Waals surface area contributed by atoms with Gasteiger partial charge in [0.05, 0.1) is 5.69 Å². The molecule has 0 spiro atoms. The number of imidazole rings is 1. The van der Waals surface area contributed by atoms with Gasteiger partial charge in [-0.05, 0) is 18.1 Å². The minimum atomic E-state index is -0.177. The molecule has 0 saturated heterocycles. The van der Waals surface area contributed by atoms with Gasteiger partial charge in [-0.1, -0.05) is 48.5 Å². The van der Waals surface area contributed by atoms with E-state index in [0.717, 1.165) is 22.6 Å². The second-order valence-electron chi connectivity index (χ2n) is 5.99. The van der Waals surface area contributed by atoms with Crippen molar-refractivity contribution in [2.75, 3.05) is 0 Å². The first kappa shape index (κ1) is 16.1. The van der Waals surface area contributed by atoms with Gasteiger partial charge in [0.25, 0.3) is 0 Å². The van der Waals surface area contributed by atoms with Gasteiger partial charge in [-0.25, -0.2) is 19.3 Å². The number of H-pyrrole nitrogens is 1. The van der Waals surface area contributed by atoms with Crippen molar-refractivity contribution in [3.8, 4) is 22.6 Å². The molecule has 0 amide bonds. The maximum Gasteiger partial charge on any atom is 0.159 e. The van der Waals surface area contributed by atoms with E-state index in [4.69, 9.17) is 0 Å². The van der Waals surface area contributed by atoms with Crippen LogP contribution < -0.4 is 0 Å². The Morgan fingerprint density at radius 3 is 2.31 bits per heavy atom. The fraction of sp³-hybridized carbons (Fsp3) is 0.0952. The summed E-state index contributed by atoms with van der Waals surface area (Å²) in [6.45, 7) is 0. The van der Waals surface area contributed by atoms with Gasteiger partial charge in [-0.3, -0.25) is 0 Å². The molecule has 4 nitrogen and oxygen atoms in total. The average molecular weight is 344 g/mol. The van der Waals surface area contributed by atoms with E-state index in [0.29, 0.717) is 24.2 Å². The maximum absolute atomic E-state index is 13.7. The highest BCUT2D eigenvalue weighted by atomic mass is 19.1. The Hall–Kier alpha value is -3.34. The van der Waals surface area contributed by atoms with Gasteiger partial charge in [0, 0.05) is 36.1 Å². The molecule has 0 radical (unpaired) electrons.